The second-order valence-corrected chi connectivity index (χ2v) is 5.63. The highest BCUT2D eigenvalue weighted by Crippen LogP contribution is 2.31. The molecule has 0 spiro atoms. The van der Waals surface area contributed by atoms with Crippen molar-refractivity contribution in [1.29, 1.82) is 0 Å². The molecular formula is C18H24N2O. The van der Waals surface area contributed by atoms with Gasteiger partial charge in [-0.15, -0.1) is 0 Å². The lowest BCUT2D eigenvalue weighted by Gasteiger charge is -2.15. The van der Waals surface area contributed by atoms with Crippen LogP contribution in [-0.2, 0) is 0 Å². The Morgan fingerprint density at radius 3 is 2.71 bits per heavy atom. The number of nitrogens with one attached hydrogen (secondary N) is 1. The number of ether oxygens (including phenoxy) is 1. The Bertz CT molecular complexity index is 594. The monoisotopic (exact) mass is 284 g/mol. The summed E-state index contributed by atoms with van der Waals surface area (Å²) < 4.78 is 6.07. The normalized spacial score (nSPS) is 10.7. The maximum absolute atomic E-state index is 6.07. The Kier molecular flexibility index (Phi) is 5.20. The minimum atomic E-state index is 0.426. The smallest absolute Gasteiger partial charge is 0.147 e. The standard InChI is InChI=1S/C18H24N2O/c1-5-8-20-15-10-16(12-19-11-15)21-18-9-14(4)6-7-17(18)13(2)3/h6-7,9-13,20H,5,8H2,1-4H3. The third kappa shape index (κ3) is 4.22. The van der Waals surface area contributed by atoms with Crippen LogP contribution in [0.3, 0.4) is 0 Å². The van der Waals surface area contributed by atoms with E-state index in [2.05, 4.69) is 56.2 Å². The first kappa shape index (κ1) is 15.4. The van der Waals surface area contributed by atoms with Gasteiger partial charge in [0, 0.05) is 12.6 Å². The molecule has 1 heterocycles. The topological polar surface area (TPSA) is 34.2 Å². The van der Waals surface area contributed by atoms with Gasteiger partial charge in [-0.1, -0.05) is 32.9 Å². The third-order valence-corrected chi connectivity index (χ3v) is 3.31. The molecule has 1 aromatic carbocycles. The van der Waals surface area contributed by atoms with Gasteiger partial charge in [0.05, 0.1) is 18.1 Å². The second-order valence-electron chi connectivity index (χ2n) is 5.63. The number of aryl methyl sites for hydroxylation is 1. The largest absolute Gasteiger partial charge is 0.455 e. The first-order valence-electron chi connectivity index (χ1n) is 7.57. The minimum Gasteiger partial charge on any atom is -0.455 e. The van der Waals surface area contributed by atoms with Crippen molar-refractivity contribution in [2.75, 3.05) is 11.9 Å². The molecule has 2 aromatic rings. The number of pyridine rings is 1. The number of benzene rings is 1. The molecule has 0 bridgehead atoms. The summed E-state index contributed by atoms with van der Waals surface area (Å²) in [5.74, 6) is 2.11. The van der Waals surface area contributed by atoms with Crippen molar-refractivity contribution < 1.29 is 4.74 Å². The number of anilines is 1. The number of nitrogens with zero attached hydrogens (tertiary/aromatic N) is 1. The van der Waals surface area contributed by atoms with E-state index in [9.17, 15) is 0 Å². The number of rotatable bonds is 6. The summed E-state index contributed by atoms with van der Waals surface area (Å²) in [4.78, 5) is 4.24. The molecule has 2 rings (SSSR count). The molecule has 0 radical (unpaired) electrons. The molecule has 0 saturated carbocycles. The van der Waals surface area contributed by atoms with Crippen molar-refractivity contribution in [3.63, 3.8) is 0 Å². The van der Waals surface area contributed by atoms with Crippen LogP contribution in [0, 0.1) is 6.92 Å². The maximum atomic E-state index is 6.07. The highest BCUT2D eigenvalue weighted by Gasteiger charge is 2.09. The summed E-state index contributed by atoms with van der Waals surface area (Å²) in [7, 11) is 0. The van der Waals surface area contributed by atoms with E-state index in [1.807, 2.05) is 12.3 Å². The summed E-state index contributed by atoms with van der Waals surface area (Å²) >= 11 is 0. The van der Waals surface area contributed by atoms with Crippen molar-refractivity contribution in [1.82, 2.24) is 4.98 Å². The van der Waals surface area contributed by atoms with Gasteiger partial charge in [-0.05, 0) is 36.5 Å². The molecule has 3 heteroatoms. The Morgan fingerprint density at radius 1 is 1.19 bits per heavy atom. The number of hydrogen-bond acceptors (Lipinski definition) is 3. The van der Waals surface area contributed by atoms with Crippen molar-refractivity contribution >= 4 is 5.69 Å². The van der Waals surface area contributed by atoms with Gasteiger partial charge in [0.25, 0.3) is 0 Å². The van der Waals surface area contributed by atoms with Gasteiger partial charge >= 0.3 is 0 Å². The molecular weight excluding hydrogens is 260 g/mol. The Labute approximate surface area is 127 Å². The molecule has 0 fully saturated rings. The van der Waals surface area contributed by atoms with E-state index in [1.54, 1.807) is 6.20 Å². The molecule has 0 aliphatic rings. The van der Waals surface area contributed by atoms with Gasteiger partial charge in [0.2, 0.25) is 0 Å². The molecule has 0 amide bonds. The molecule has 1 N–H and O–H groups in total. The molecule has 0 saturated heterocycles. The van der Waals surface area contributed by atoms with E-state index in [4.69, 9.17) is 4.74 Å². The molecule has 0 aliphatic heterocycles. The Hall–Kier alpha value is -2.03. The molecule has 21 heavy (non-hydrogen) atoms. The average molecular weight is 284 g/mol. The highest BCUT2D eigenvalue weighted by atomic mass is 16.5. The fourth-order valence-electron chi connectivity index (χ4n) is 2.17. The van der Waals surface area contributed by atoms with Crippen LogP contribution < -0.4 is 10.1 Å². The lowest BCUT2D eigenvalue weighted by molar-refractivity contribution is 0.470. The van der Waals surface area contributed by atoms with Crippen molar-refractivity contribution in [3.05, 3.63) is 47.8 Å². The van der Waals surface area contributed by atoms with Crippen LogP contribution in [0.5, 0.6) is 11.5 Å². The predicted octanol–water partition coefficient (Wildman–Crippen LogP) is 5.13. The van der Waals surface area contributed by atoms with Gasteiger partial charge in [0.15, 0.2) is 0 Å². The quantitative estimate of drug-likeness (QED) is 0.798. The van der Waals surface area contributed by atoms with Crippen molar-refractivity contribution in [2.24, 2.45) is 0 Å². The summed E-state index contributed by atoms with van der Waals surface area (Å²) in [5.41, 5.74) is 3.41. The second kappa shape index (κ2) is 7.11. The highest BCUT2D eigenvalue weighted by molar-refractivity contribution is 5.48. The zero-order chi connectivity index (χ0) is 15.2. The molecule has 3 nitrogen and oxygen atoms in total. The summed E-state index contributed by atoms with van der Waals surface area (Å²) in [6.07, 6.45) is 4.66. The first-order chi connectivity index (χ1) is 10.1. The fraction of sp³-hybridized carbons (Fsp3) is 0.389. The van der Waals surface area contributed by atoms with E-state index in [0.29, 0.717) is 5.92 Å². The average Bonchev–Trinajstić information content (AvgIpc) is 2.45. The fourth-order valence-corrected chi connectivity index (χ4v) is 2.17. The molecule has 0 aliphatic carbocycles. The Balaban J connectivity index is 2.23. The molecule has 1 aromatic heterocycles. The van der Waals surface area contributed by atoms with Gasteiger partial charge < -0.3 is 10.1 Å². The van der Waals surface area contributed by atoms with Gasteiger partial charge in [-0.25, -0.2) is 0 Å². The van der Waals surface area contributed by atoms with Crippen LogP contribution in [0.25, 0.3) is 0 Å². The Morgan fingerprint density at radius 2 is 2.00 bits per heavy atom. The summed E-state index contributed by atoms with van der Waals surface area (Å²) in [6, 6.07) is 8.35. The zero-order valence-electron chi connectivity index (χ0n) is 13.3. The zero-order valence-corrected chi connectivity index (χ0v) is 13.3. The van der Waals surface area contributed by atoms with E-state index < -0.39 is 0 Å². The summed E-state index contributed by atoms with van der Waals surface area (Å²) in [5, 5.41) is 3.33. The van der Waals surface area contributed by atoms with Crippen molar-refractivity contribution in [2.45, 2.75) is 40.0 Å². The molecule has 112 valence electrons. The van der Waals surface area contributed by atoms with E-state index in [1.165, 1.54) is 11.1 Å². The number of hydrogen-bond donors (Lipinski definition) is 1. The van der Waals surface area contributed by atoms with Gasteiger partial charge in [-0.2, -0.15) is 0 Å². The van der Waals surface area contributed by atoms with Crippen LogP contribution in [0.1, 0.15) is 44.2 Å². The van der Waals surface area contributed by atoms with Crippen LogP contribution in [0.15, 0.2) is 36.7 Å². The van der Waals surface area contributed by atoms with Gasteiger partial charge in [-0.3, -0.25) is 4.98 Å². The third-order valence-electron chi connectivity index (χ3n) is 3.31. The predicted molar refractivity (Wildman–Crippen MR) is 88.4 cm³/mol. The summed E-state index contributed by atoms with van der Waals surface area (Å²) in [6.45, 7) is 9.51. The van der Waals surface area contributed by atoms with E-state index in [0.717, 1.165) is 30.2 Å². The number of aromatic nitrogens is 1. The minimum absolute atomic E-state index is 0.426. The van der Waals surface area contributed by atoms with Crippen LogP contribution in [-0.4, -0.2) is 11.5 Å². The lowest BCUT2D eigenvalue weighted by atomic mass is 10.0. The van der Waals surface area contributed by atoms with Crippen LogP contribution in [0.4, 0.5) is 5.69 Å². The molecule has 0 atom stereocenters. The molecule has 0 unspecified atom stereocenters. The van der Waals surface area contributed by atoms with Crippen LogP contribution in [0.2, 0.25) is 0 Å². The van der Waals surface area contributed by atoms with Crippen molar-refractivity contribution in [3.8, 4) is 11.5 Å². The van der Waals surface area contributed by atoms with E-state index in [-0.39, 0.29) is 0 Å². The van der Waals surface area contributed by atoms with Gasteiger partial charge in [0.1, 0.15) is 11.5 Å². The SMILES string of the molecule is CCCNc1cncc(Oc2cc(C)ccc2C(C)C)c1. The van der Waals surface area contributed by atoms with E-state index >= 15 is 0 Å². The van der Waals surface area contributed by atoms with Crippen LogP contribution >= 0.6 is 0 Å². The lowest BCUT2D eigenvalue weighted by Crippen LogP contribution is -2.00. The first-order valence-corrected chi connectivity index (χ1v) is 7.57. The maximum Gasteiger partial charge on any atom is 0.147 e.